The lowest BCUT2D eigenvalue weighted by atomic mass is 9.95. The van der Waals surface area contributed by atoms with Crippen molar-refractivity contribution >= 4 is 54.8 Å². The van der Waals surface area contributed by atoms with Crippen molar-refractivity contribution in [1.29, 1.82) is 5.26 Å². The summed E-state index contributed by atoms with van der Waals surface area (Å²) in [6.07, 6.45) is 13.3. The normalized spacial score (nSPS) is 22.8. The number of nitriles is 1. The number of aromatic nitrogens is 2. The van der Waals surface area contributed by atoms with Gasteiger partial charge in [-0.25, -0.2) is 8.78 Å². The topological polar surface area (TPSA) is 130 Å². The predicted octanol–water partition coefficient (Wildman–Crippen LogP) is 7.29. The smallest absolute Gasteiger partial charge is 0.317 e. The lowest BCUT2D eigenvalue weighted by molar-refractivity contribution is -0.130. The molecule has 2 unspecified atom stereocenters. The Kier molecular flexibility index (Phi) is 9.18. The van der Waals surface area contributed by atoms with Crippen LogP contribution < -0.4 is 15.8 Å². The van der Waals surface area contributed by atoms with Crippen LogP contribution in [0.2, 0.25) is 5.02 Å². The standard InChI is InChI=1S/C26H22ClF2N5OS.C13H18N2O/c1-13-15-10-17(27)20(14-4-5-18(28)23-19(14)16(11-30)24(31)36-23)21(29)22(15)33-25(32-13)35-12-26-6-2-8-34(26)9-3-7-26;1-2-9-4-3-7-15(8-9)13(16)12-11(14-12)10-5-6-10/h4-5,10H,2-3,6-9,12,31H2,1H3;2-4,10-12,14H,5-8H2,1H3/b;9-2+. The van der Waals surface area contributed by atoms with Crippen LogP contribution in [0.25, 0.3) is 32.1 Å². The van der Waals surface area contributed by atoms with E-state index in [0.29, 0.717) is 29.6 Å². The van der Waals surface area contributed by atoms with Gasteiger partial charge in [0.2, 0.25) is 5.91 Å². The van der Waals surface area contributed by atoms with Crippen LogP contribution in [0.4, 0.5) is 13.8 Å². The van der Waals surface area contributed by atoms with Crippen molar-refractivity contribution < 1.29 is 18.3 Å². The van der Waals surface area contributed by atoms with Crippen molar-refractivity contribution in [2.75, 3.05) is 38.5 Å². The highest BCUT2D eigenvalue weighted by Crippen LogP contribution is 2.45. The van der Waals surface area contributed by atoms with Crippen molar-refractivity contribution in [2.45, 2.75) is 70.0 Å². The molecule has 52 heavy (non-hydrogen) atoms. The van der Waals surface area contributed by atoms with E-state index in [1.54, 1.807) is 13.0 Å². The number of nitrogens with one attached hydrogen (secondary N) is 1. The fourth-order valence-corrected chi connectivity index (χ4v) is 9.50. The third-order valence-electron chi connectivity index (χ3n) is 11.3. The van der Waals surface area contributed by atoms with E-state index in [2.05, 4.69) is 38.4 Å². The van der Waals surface area contributed by atoms with Gasteiger partial charge in [0.25, 0.3) is 0 Å². The van der Waals surface area contributed by atoms with Gasteiger partial charge in [0.05, 0.1) is 26.5 Å². The van der Waals surface area contributed by atoms with Crippen LogP contribution in [0, 0.1) is 35.8 Å². The number of nitrogen functional groups attached to an aromatic ring is 1. The second kappa shape index (κ2) is 13.7. The maximum absolute atomic E-state index is 16.2. The number of carbonyl (C=O) groups is 1. The first kappa shape index (κ1) is 34.9. The van der Waals surface area contributed by atoms with E-state index in [4.69, 9.17) is 22.1 Å². The maximum Gasteiger partial charge on any atom is 0.317 e. The second-order valence-corrected chi connectivity index (χ2v) is 15.9. The molecule has 2 atom stereocenters. The lowest BCUT2D eigenvalue weighted by Gasteiger charge is -2.31. The SMILES string of the molecule is C/C=C1\C=CCN(C(=O)C2NC2C2CC2)C1.Cc1nc(OCC23CCCN2CCC3)nc2c(F)c(-c3ccc(F)c4sc(N)c(C#N)c34)c(Cl)cc12. The molecule has 4 fully saturated rings. The first-order chi connectivity index (χ1) is 25.1. The summed E-state index contributed by atoms with van der Waals surface area (Å²) in [5.74, 6) is -0.141. The molecule has 0 spiro atoms. The Hall–Kier alpha value is -4.15. The molecule has 9 nitrogen and oxygen atoms in total. The Morgan fingerprint density at radius 3 is 2.73 bits per heavy atom. The molecule has 3 N–H and O–H groups in total. The van der Waals surface area contributed by atoms with Gasteiger partial charge < -0.3 is 15.4 Å². The number of hydrogen-bond acceptors (Lipinski definition) is 9. The highest BCUT2D eigenvalue weighted by molar-refractivity contribution is 7.23. The largest absolute Gasteiger partial charge is 0.461 e. The molecule has 1 saturated carbocycles. The van der Waals surface area contributed by atoms with Crippen molar-refractivity contribution in [3.63, 3.8) is 0 Å². The Morgan fingerprint density at radius 1 is 1.25 bits per heavy atom. The van der Waals surface area contributed by atoms with E-state index in [0.717, 1.165) is 69.1 Å². The van der Waals surface area contributed by atoms with Gasteiger partial charge in [0, 0.05) is 35.5 Å². The number of ether oxygens (including phenoxy) is 1. The van der Waals surface area contributed by atoms with Crippen LogP contribution in [-0.4, -0.2) is 76.1 Å². The van der Waals surface area contributed by atoms with Crippen molar-refractivity contribution in [2.24, 2.45) is 5.92 Å². The van der Waals surface area contributed by atoms with Crippen LogP contribution in [0.1, 0.15) is 56.7 Å². The predicted molar refractivity (Wildman–Crippen MR) is 200 cm³/mol. The minimum Gasteiger partial charge on any atom is -0.461 e. The van der Waals surface area contributed by atoms with Gasteiger partial charge in [-0.3, -0.25) is 15.0 Å². The number of aryl methyl sites for hydroxylation is 1. The molecule has 4 aromatic rings. The molecule has 5 aliphatic rings. The summed E-state index contributed by atoms with van der Waals surface area (Å²) >= 11 is 7.52. The van der Waals surface area contributed by atoms with Crippen LogP contribution in [0.15, 0.2) is 42.0 Å². The van der Waals surface area contributed by atoms with Gasteiger partial charge in [-0.15, -0.1) is 11.3 Å². The van der Waals surface area contributed by atoms with Crippen LogP contribution in [-0.2, 0) is 4.79 Å². The summed E-state index contributed by atoms with van der Waals surface area (Å²) in [5, 5.41) is 13.9. The van der Waals surface area contributed by atoms with Gasteiger partial charge in [-0.05, 0) is 94.6 Å². The fourth-order valence-electron chi connectivity index (χ4n) is 8.26. The quantitative estimate of drug-likeness (QED) is 0.197. The zero-order valence-electron chi connectivity index (χ0n) is 29.1. The minimum absolute atomic E-state index is 0.00220. The second-order valence-electron chi connectivity index (χ2n) is 14.5. The lowest BCUT2D eigenvalue weighted by Crippen LogP contribution is -2.43. The Bertz CT molecular complexity index is 2200. The molecule has 1 amide bonds. The van der Waals surface area contributed by atoms with Crippen molar-refractivity contribution in [1.82, 2.24) is 25.1 Å². The molecule has 3 saturated heterocycles. The highest BCUT2D eigenvalue weighted by Gasteiger charge is 2.52. The summed E-state index contributed by atoms with van der Waals surface area (Å²) in [6.45, 7) is 7.93. The molecule has 2 aromatic carbocycles. The van der Waals surface area contributed by atoms with E-state index < -0.39 is 11.6 Å². The average Bonchev–Trinajstić information content (AvgIpc) is 4.03. The summed E-state index contributed by atoms with van der Waals surface area (Å²) in [6, 6.07) is 6.98. The molecular weight excluding hydrogens is 704 g/mol. The number of allylic oxidation sites excluding steroid dienone is 1. The number of nitrogens with two attached hydrogens (primary N) is 1. The highest BCUT2D eigenvalue weighted by atomic mass is 35.5. The Balaban J connectivity index is 0.000000201. The zero-order valence-corrected chi connectivity index (χ0v) is 30.7. The van der Waals surface area contributed by atoms with E-state index >= 15 is 4.39 Å². The zero-order chi connectivity index (χ0) is 36.3. The van der Waals surface area contributed by atoms with Crippen LogP contribution in [0.5, 0.6) is 6.01 Å². The summed E-state index contributed by atoms with van der Waals surface area (Å²) < 4.78 is 37.0. The number of amides is 1. The molecule has 1 aliphatic carbocycles. The number of rotatable bonds is 6. The van der Waals surface area contributed by atoms with Gasteiger partial charge in [-0.2, -0.15) is 15.2 Å². The number of thiophene rings is 1. The first-order valence-corrected chi connectivity index (χ1v) is 19.1. The third-order valence-corrected chi connectivity index (χ3v) is 12.6. The number of nitrogens with zero attached hydrogens (tertiary/aromatic N) is 5. The van der Waals surface area contributed by atoms with E-state index in [9.17, 15) is 14.4 Å². The van der Waals surface area contributed by atoms with E-state index in [-0.39, 0.29) is 59.9 Å². The van der Waals surface area contributed by atoms with Crippen molar-refractivity contribution in [3.8, 4) is 23.2 Å². The number of benzene rings is 2. The van der Waals surface area contributed by atoms with Gasteiger partial charge in [0.1, 0.15) is 35.1 Å². The maximum atomic E-state index is 16.2. The average molecular weight is 744 g/mol. The molecule has 0 radical (unpaired) electrons. The number of halogens is 3. The number of hydrogen-bond donors (Lipinski definition) is 2. The summed E-state index contributed by atoms with van der Waals surface area (Å²) in [7, 11) is 0. The monoisotopic (exact) mass is 743 g/mol. The Morgan fingerprint density at radius 2 is 2.02 bits per heavy atom. The molecular formula is C39H40ClF2N7O2S. The number of fused-ring (bicyclic) bond motifs is 3. The van der Waals surface area contributed by atoms with Crippen LogP contribution in [0.3, 0.4) is 0 Å². The van der Waals surface area contributed by atoms with Crippen LogP contribution >= 0.6 is 22.9 Å². The molecule has 270 valence electrons. The van der Waals surface area contributed by atoms with Gasteiger partial charge in [0.15, 0.2) is 5.82 Å². The van der Waals surface area contributed by atoms with E-state index in [1.807, 2.05) is 17.9 Å². The minimum atomic E-state index is -0.684. The van der Waals surface area contributed by atoms with E-state index in [1.165, 1.54) is 30.5 Å². The fraction of sp³-hybridized carbons (Fsp3) is 0.436. The molecule has 2 aromatic heterocycles. The Labute approximate surface area is 310 Å². The third kappa shape index (κ3) is 6.21. The summed E-state index contributed by atoms with van der Waals surface area (Å²) in [5.41, 5.74) is 8.22. The first-order valence-electron chi connectivity index (χ1n) is 17.9. The van der Waals surface area contributed by atoms with Gasteiger partial charge in [-0.1, -0.05) is 35.9 Å². The van der Waals surface area contributed by atoms with Gasteiger partial charge >= 0.3 is 6.01 Å². The number of anilines is 1. The molecule has 6 heterocycles. The molecule has 0 bridgehead atoms. The molecule has 13 heteroatoms. The molecule has 9 rings (SSSR count). The number of carbonyl (C=O) groups excluding carboxylic acids is 1. The summed E-state index contributed by atoms with van der Waals surface area (Å²) in [4.78, 5) is 25.5. The molecule has 4 aliphatic heterocycles. The van der Waals surface area contributed by atoms with Crippen molar-refractivity contribution in [3.05, 3.63) is 69.9 Å².